The van der Waals surface area contributed by atoms with Gasteiger partial charge in [0.15, 0.2) is 9.84 Å². The molecule has 2 aliphatic rings. The molecule has 1 aliphatic carbocycles. The molecule has 0 radical (unpaired) electrons. The highest BCUT2D eigenvalue weighted by Gasteiger charge is 2.73. The van der Waals surface area contributed by atoms with Crippen LogP contribution in [0.5, 0.6) is 5.75 Å². The van der Waals surface area contributed by atoms with E-state index in [-0.39, 0.29) is 56.3 Å². The van der Waals surface area contributed by atoms with E-state index in [0.717, 1.165) is 12.1 Å². The Bertz CT molecular complexity index is 1440. The fraction of sp³-hybridized carbons (Fsp3) is 0.481. The Labute approximate surface area is 235 Å². The molecular weight excluding hydrogens is 599 g/mol. The largest absolute Gasteiger partial charge is 0.508 e. The van der Waals surface area contributed by atoms with Crippen LogP contribution in [0.3, 0.4) is 0 Å². The lowest BCUT2D eigenvalue weighted by Gasteiger charge is -2.33. The number of phenolic OH excluding ortho intramolecular Hbond substituents is 1. The van der Waals surface area contributed by atoms with E-state index in [9.17, 15) is 59.0 Å². The van der Waals surface area contributed by atoms with Crippen LogP contribution in [0.1, 0.15) is 43.2 Å². The first-order chi connectivity index (χ1) is 19.3. The van der Waals surface area contributed by atoms with Crippen LogP contribution >= 0.6 is 0 Å². The summed E-state index contributed by atoms with van der Waals surface area (Å²) in [5.41, 5.74) is -7.79. The summed E-state index contributed by atoms with van der Waals surface area (Å²) in [6.45, 7) is -0.670. The van der Waals surface area contributed by atoms with Crippen LogP contribution in [0.4, 0.5) is 30.7 Å². The highest BCUT2D eigenvalue weighted by molar-refractivity contribution is 7.92. The van der Waals surface area contributed by atoms with E-state index >= 15 is 0 Å². The van der Waals surface area contributed by atoms with Gasteiger partial charge in [0.2, 0.25) is 5.91 Å². The molecule has 1 atom stereocenters. The zero-order chi connectivity index (χ0) is 31.3. The second-order valence-corrected chi connectivity index (χ2v) is 12.9. The van der Waals surface area contributed by atoms with Crippen molar-refractivity contribution in [1.29, 1.82) is 0 Å². The van der Waals surface area contributed by atoms with Crippen LogP contribution in [-0.2, 0) is 29.8 Å². The van der Waals surface area contributed by atoms with Gasteiger partial charge < -0.3 is 15.1 Å². The zero-order valence-electron chi connectivity index (χ0n) is 21.8. The standard InChI is InChI=1S/C27H26F7NO6S/c28-25(26(29,30)31,27(32,33)34)19-10-8-18(9-11-19)24(42(40,41)21-3-1-2-20(36)14-21)12-13-35(15-24)22(37)16-4-6-17(7-5-16)23(38)39/h1-3,8-11,14,16-17,36H,4-7,12-13,15H2,(H,38,39)/t16-,17-,24?. The monoisotopic (exact) mass is 625 g/mol. The minimum absolute atomic E-state index is 0.143. The van der Waals surface area contributed by atoms with Gasteiger partial charge in [0.1, 0.15) is 10.5 Å². The van der Waals surface area contributed by atoms with Crippen molar-refractivity contribution in [2.75, 3.05) is 13.1 Å². The molecule has 1 heterocycles. The predicted octanol–water partition coefficient (Wildman–Crippen LogP) is 5.47. The number of aliphatic carboxylic acids is 1. The van der Waals surface area contributed by atoms with Gasteiger partial charge in [-0.2, -0.15) is 26.3 Å². The number of carboxylic acids is 1. The maximum absolute atomic E-state index is 14.7. The number of alkyl halides is 7. The quantitative estimate of drug-likeness (QED) is 0.412. The average molecular weight is 626 g/mol. The molecular formula is C27H26F7NO6S. The van der Waals surface area contributed by atoms with Gasteiger partial charge in [-0.3, -0.25) is 9.59 Å². The average Bonchev–Trinajstić information content (AvgIpc) is 3.38. The Morgan fingerprint density at radius 2 is 1.40 bits per heavy atom. The van der Waals surface area contributed by atoms with Gasteiger partial charge in [-0.1, -0.05) is 30.3 Å². The first-order valence-electron chi connectivity index (χ1n) is 12.8. The van der Waals surface area contributed by atoms with Crippen molar-refractivity contribution in [3.05, 3.63) is 59.7 Å². The third-order valence-electron chi connectivity index (χ3n) is 8.20. The minimum atomic E-state index is -6.37. The lowest BCUT2D eigenvalue weighted by Crippen LogP contribution is -2.50. The summed E-state index contributed by atoms with van der Waals surface area (Å²) >= 11 is 0. The first kappa shape index (κ1) is 31.6. The number of likely N-dealkylation sites (tertiary alicyclic amines) is 1. The smallest absolute Gasteiger partial charge is 0.435 e. The van der Waals surface area contributed by atoms with Gasteiger partial charge in [-0.05, 0) is 55.9 Å². The van der Waals surface area contributed by atoms with Crippen LogP contribution in [0.25, 0.3) is 0 Å². The Hall–Kier alpha value is -3.36. The maximum atomic E-state index is 14.7. The summed E-state index contributed by atoms with van der Waals surface area (Å²) in [6.07, 6.45) is -12.1. The number of hydrogen-bond acceptors (Lipinski definition) is 5. The van der Waals surface area contributed by atoms with Crippen LogP contribution in [0, 0.1) is 11.8 Å². The molecule has 1 aliphatic heterocycles. The lowest BCUT2D eigenvalue weighted by molar-refractivity contribution is -0.348. The Morgan fingerprint density at radius 3 is 1.90 bits per heavy atom. The Kier molecular flexibility index (Phi) is 8.06. The van der Waals surface area contributed by atoms with E-state index in [4.69, 9.17) is 0 Å². The molecule has 1 saturated carbocycles. The van der Waals surface area contributed by atoms with Gasteiger partial charge >= 0.3 is 24.0 Å². The zero-order valence-corrected chi connectivity index (χ0v) is 22.6. The first-order valence-corrected chi connectivity index (χ1v) is 14.3. The van der Waals surface area contributed by atoms with E-state index in [2.05, 4.69) is 0 Å². The molecule has 0 bridgehead atoms. The molecule has 0 aromatic heterocycles. The highest BCUT2D eigenvalue weighted by atomic mass is 32.2. The molecule has 2 fully saturated rings. The van der Waals surface area contributed by atoms with E-state index in [0.29, 0.717) is 12.1 Å². The third kappa shape index (κ3) is 5.20. The van der Waals surface area contributed by atoms with E-state index < -0.39 is 79.1 Å². The molecule has 2 N–H and O–H groups in total. The van der Waals surface area contributed by atoms with Crippen LogP contribution in [-0.4, -0.2) is 60.8 Å². The molecule has 42 heavy (non-hydrogen) atoms. The predicted molar refractivity (Wildman–Crippen MR) is 133 cm³/mol. The second kappa shape index (κ2) is 10.7. The van der Waals surface area contributed by atoms with Crippen molar-refractivity contribution in [2.45, 2.75) is 59.8 Å². The number of halogens is 7. The molecule has 2 aromatic rings. The minimum Gasteiger partial charge on any atom is -0.508 e. The molecule has 230 valence electrons. The SMILES string of the molecule is O=C(O)[C@H]1CC[C@H](C(=O)N2CCC(c3ccc(C(F)(C(F)(F)F)C(F)(F)F)cc3)(S(=O)(=O)c3cccc(O)c3)C2)CC1. The number of nitrogens with zero attached hydrogens (tertiary/aromatic N) is 1. The number of amides is 1. The number of carbonyl (C=O) groups is 2. The van der Waals surface area contributed by atoms with Gasteiger partial charge in [0.25, 0.3) is 0 Å². The van der Waals surface area contributed by atoms with E-state index in [1.165, 1.54) is 17.0 Å². The third-order valence-corrected chi connectivity index (χ3v) is 10.7. The fourth-order valence-electron chi connectivity index (χ4n) is 5.79. The second-order valence-electron chi connectivity index (χ2n) is 10.6. The molecule has 2 aromatic carbocycles. The number of phenols is 1. The number of hydrogen-bond donors (Lipinski definition) is 2. The summed E-state index contributed by atoms with van der Waals surface area (Å²) in [5, 5.41) is 19.1. The van der Waals surface area contributed by atoms with Crippen LogP contribution in [0.2, 0.25) is 0 Å². The molecule has 1 amide bonds. The van der Waals surface area contributed by atoms with E-state index in [1.54, 1.807) is 0 Å². The van der Waals surface area contributed by atoms with Crippen LogP contribution < -0.4 is 0 Å². The van der Waals surface area contributed by atoms with Crippen molar-refractivity contribution in [3.8, 4) is 5.75 Å². The summed E-state index contributed by atoms with van der Waals surface area (Å²) in [6, 6.07) is 6.28. The highest BCUT2D eigenvalue weighted by Crippen LogP contribution is 2.54. The van der Waals surface area contributed by atoms with Crippen molar-refractivity contribution in [1.82, 2.24) is 4.90 Å². The van der Waals surface area contributed by atoms with Crippen molar-refractivity contribution < 1.29 is 59.0 Å². The number of aromatic hydroxyl groups is 1. The maximum Gasteiger partial charge on any atom is 0.435 e. The summed E-state index contributed by atoms with van der Waals surface area (Å²) < 4.78 is 120. The van der Waals surface area contributed by atoms with Gasteiger partial charge in [0.05, 0.1) is 10.8 Å². The normalized spacial score (nSPS) is 24.0. The number of sulfone groups is 1. The van der Waals surface area contributed by atoms with Crippen molar-refractivity contribution in [3.63, 3.8) is 0 Å². The number of carbonyl (C=O) groups excluding carboxylic acids is 1. The van der Waals surface area contributed by atoms with E-state index in [1.807, 2.05) is 0 Å². The van der Waals surface area contributed by atoms with Gasteiger partial charge in [-0.15, -0.1) is 0 Å². The topological polar surface area (TPSA) is 112 Å². The molecule has 1 saturated heterocycles. The number of carboxylic acid groups (broad SMARTS) is 1. The molecule has 15 heteroatoms. The summed E-state index contributed by atoms with van der Waals surface area (Å²) in [5.74, 6) is -3.10. The molecule has 7 nitrogen and oxygen atoms in total. The van der Waals surface area contributed by atoms with Crippen LogP contribution in [0.15, 0.2) is 53.4 Å². The van der Waals surface area contributed by atoms with Crippen molar-refractivity contribution in [2.24, 2.45) is 11.8 Å². The summed E-state index contributed by atoms with van der Waals surface area (Å²) in [7, 11) is -4.57. The molecule has 4 rings (SSSR count). The van der Waals surface area contributed by atoms with Crippen molar-refractivity contribution >= 4 is 21.7 Å². The number of benzene rings is 2. The Morgan fingerprint density at radius 1 is 0.857 bits per heavy atom. The summed E-state index contributed by atoms with van der Waals surface area (Å²) in [4.78, 5) is 25.4. The molecule has 0 spiro atoms. The fourth-order valence-corrected chi connectivity index (χ4v) is 7.91. The number of rotatable bonds is 6. The molecule has 1 unspecified atom stereocenters. The van der Waals surface area contributed by atoms with Gasteiger partial charge in [-0.25, -0.2) is 12.8 Å². The van der Waals surface area contributed by atoms with Gasteiger partial charge in [0, 0.05) is 24.6 Å². The lowest BCUT2D eigenvalue weighted by atomic mass is 9.81. The Balaban J connectivity index is 1.75.